The van der Waals surface area contributed by atoms with Crippen LogP contribution in [-0.4, -0.2) is 214 Å². The summed E-state index contributed by atoms with van der Waals surface area (Å²) in [5.41, 5.74) is 0.564. The number of thioether (sulfide) groups is 2. The van der Waals surface area contributed by atoms with Gasteiger partial charge in [-0.3, -0.25) is 62.9 Å². The quantitative estimate of drug-likeness (QED) is 0.0383. The maximum atomic E-state index is 13.9. The van der Waals surface area contributed by atoms with Crippen molar-refractivity contribution in [1.82, 2.24) is 35.1 Å². The van der Waals surface area contributed by atoms with Crippen molar-refractivity contribution in [3.8, 4) is 0 Å². The zero-order valence-electron chi connectivity index (χ0n) is 35.5. The molecule has 2 fully saturated rings. The van der Waals surface area contributed by atoms with Crippen molar-refractivity contribution in [3.63, 3.8) is 0 Å². The lowest BCUT2D eigenvalue weighted by Gasteiger charge is -2.33. The molecular weight excluding hydrogens is 821 g/mol. The summed E-state index contributed by atoms with van der Waals surface area (Å²) in [4.78, 5) is 109. The summed E-state index contributed by atoms with van der Waals surface area (Å²) in [6.07, 6.45) is 4.10. The van der Waals surface area contributed by atoms with E-state index in [4.69, 9.17) is 5.41 Å². The Morgan fingerprint density at radius 3 is 1.77 bits per heavy atom. The van der Waals surface area contributed by atoms with Crippen LogP contribution in [-0.2, 0) is 38.4 Å². The van der Waals surface area contributed by atoms with Crippen molar-refractivity contribution in [2.75, 3.05) is 109 Å². The zero-order chi connectivity index (χ0) is 44.8. The molecule has 0 radical (unpaired) electrons. The maximum Gasteiger partial charge on any atom is 0.317 e. The molecule has 2 aliphatic rings. The van der Waals surface area contributed by atoms with Crippen molar-refractivity contribution in [2.45, 2.75) is 70.6 Å². The van der Waals surface area contributed by atoms with Crippen LogP contribution < -0.4 is 10.6 Å². The number of Topliss-reactive ketones (excluding diaryl/α,β-unsaturated/α-hetero) is 1. The predicted octanol–water partition coefficient (Wildman–Crippen LogP) is 0.118. The highest BCUT2D eigenvalue weighted by atomic mass is 32.2. The summed E-state index contributed by atoms with van der Waals surface area (Å²) in [5, 5.41) is 41.2. The normalized spacial score (nSPS) is 19.5. The number of likely N-dealkylation sites (tertiary alicyclic amines) is 1. The molecule has 2 heterocycles. The van der Waals surface area contributed by atoms with Gasteiger partial charge in [-0.25, -0.2) is 0 Å². The Labute approximate surface area is 361 Å². The largest absolute Gasteiger partial charge is 0.480 e. The monoisotopic (exact) mass is 886 g/mol. The van der Waals surface area contributed by atoms with Gasteiger partial charge in [0, 0.05) is 89.9 Å². The number of rotatable bonds is 26. The Bertz CT molecular complexity index is 1460. The molecule has 21 heteroatoms. The molecule has 2 aliphatic heterocycles. The van der Waals surface area contributed by atoms with Gasteiger partial charge in [0.25, 0.3) is 0 Å². The van der Waals surface area contributed by atoms with Crippen LogP contribution in [0.3, 0.4) is 0 Å². The number of hydrogen-bond acceptors (Lipinski definition) is 15. The fourth-order valence-electron chi connectivity index (χ4n) is 6.98. The van der Waals surface area contributed by atoms with Crippen LogP contribution in [0.25, 0.3) is 0 Å². The van der Waals surface area contributed by atoms with E-state index in [-0.39, 0.29) is 134 Å². The van der Waals surface area contributed by atoms with Gasteiger partial charge in [0.05, 0.1) is 37.5 Å². The van der Waals surface area contributed by atoms with Crippen LogP contribution in [0.4, 0.5) is 0 Å². The Morgan fingerprint density at radius 1 is 0.817 bits per heavy atom. The first-order valence-electron chi connectivity index (χ1n) is 20.6. The smallest absolute Gasteiger partial charge is 0.317 e. The van der Waals surface area contributed by atoms with Gasteiger partial charge in [0.15, 0.2) is 5.78 Å². The van der Waals surface area contributed by atoms with Gasteiger partial charge >= 0.3 is 17.9 Å². The summed E-state index contributed by atoms with van der Waals surface area (Å²) < 4.78 is 0. The van der Waals surface area contributed by atoms with E-state index in [1.54, 1.807) is 26.5 Å². The molecule has 0 aromatic heterocycles. The van der Waals surface area contributed by atoms with Crippen molar-refractivity contribution in [3.05, 3.63) is 0 Å². The highest BCUT2D eigenvalue weighted by Crippen LogP contribution is 2.26. The van der Waals surface area contributed by atoms with Gasteiger partial charge in [-0.15, -0.1) is 11.8 Å². The minimum Gasteiger partial charge on any atom is -0.480 e. The number of carbonyl (C=O) groups excluding carboxylic acids is 5. The molecule has 4 amide bonds. The van der Waals surface area contributed by atoms with Gasteiger partial charge in [-0.1, -0.05) is 20.3 Å². The van der Waals surface area contributed by atoms with E-state index in [1.807, 2.05) is 20.1 Å². The SMILES string of the molecule is CC[C@H](C)[C@H](CC(=O)[C@H](CCSC)NC(=O)CN1CCN(CC(=O)O)CCN(CC(=O)O)CCN(CC(=O)O)CC1)C(=O)NCCN1C(=O)CC(SCCCC(C)=N)C1=O. The maximum absolute atomic E-state index is 13.9. The molecule has 6 N–H and O–H groups in total. The van der Waals surface area contributed by atoms with E-state index >= 15 is 0 Å². The topological polar surface area (TPSA) is 261 Å². The number of carboxylic acids is 3. The minimum atomic E-state index is -1.06. The Hall–Kier alpha value is -3.63. The molecule has 2 saturated heterocycles. The highest BCUT2D eigenvalue weighted by Gasteiger charge is 2.39. The van der Waals surface area contributed by atoms with Crippen molar-refractivity contribution >= 4 is 76.6 Å². The molecule has 0 aromatic carbocycles. The lowest BCUT2D eigenvalue weighted by Crippen LogP contribution is -2.51. The first kappa shape index (κ1) is 52.5. The van der Waals surface area contributed by atoms with E-state index < -0.39 is 41.0 Å². The van der Waals surface area contributed by atoms with Gasteiger partial charge in [-0.05, 0) is 49.9 Å². The lowest BCUT2D eigenvalue weighted by atomic mass is 9.85. The second-order valence-electron chi connectivity index (χ2n) is 15.5. The van der Waals surface area contributed by atoms with Gasteiger partial charge in [-0.2, -0.15) is 11.8 Å². The standard InChI is InChI=1S/C39H66N8O11S2/c1-5-27(2)29(38(57)41-9-10-47-34(50)22-32(39(47)58)60-19-6-7-28(3)40)21-31(48)30(8-20-59-4)42-33(49)23-43-11-13-44(24-35(51)52)15-17-46(26-37(55)56)18-16-45(14-12-43)25-36(53)54/h27,29-30,32,40H,5-26H2,1-4H3,(H,41,57)(H,42,49)(H,51,52)(H,53,54)(H,55,56)/t27-,29-,30-,32?/m0/s1. The second-order valence-corrected chi connectivity index (χ2v) is 17.8. The molecule has 0 aromatic rings. The number of nitrogens with zero attached hydrogens (tertiary/aromatic N) is 5. The molecule has 0 aliphatic carbocycles. The summed E-state index contributed by atoms with van der Waals surface area (Å²) in [7, 11) is 0. The van der Waals surface area contributed by atoms with Crippen LogP contribution >= 0.6 is 23.5 Å². The minimum absolute atomic E-state index is 0.00938. The van der Waals surface area contributed by atoms with E-state index in [9.17, 15) is 53.7 Å². The fourth-order valence-corrected chi connectivity index (χ4v) is 8.57. The fraction of sp³-hybridized carbons (Fsp3) is 0.769. The summed E-state index contributed by atoms with van der Waals surface area (Å²) in [5.74, 6) is -4.68. The Balaban J connectivity index is 2.11. The van der Waals surface area contributed by atoms with E-state index in [2.05, 4.69) is 10.6 Å². The molecule has 0 saturated carbocycles. The number of aliphatic carboxylic acids is 3. The second kappa shape index (κ2) is 28.1. The molecule has 340 valence electrons. The molecule has 19 nitrogen and oxygen atoms in total. The van der Waals surface area contributed by atoms with E-state index in [0.717, 1.165) is 6.42 Å². The lowest BCUT2D eigenvalue weighted by molar-refractivity contribution is -0.140. The number of amides is 4. The number of carbonyl (C=O) groups is 8. The third kappa shape index (κ3) is 20.3. The predicted molar refractivity (Wildman–Crippen MR) is 229 cm³/mol. The zero-order valence-corrected chi connectivity index (χ0v) is 37.2. The van der Waals surface area contributed by atoms with Crippen molar-refractivity contribution < 1.29 is 53.7 Å². The highest BCUT2D eigenvalue weighted by molar-refractivity contribution is 8.00. The molecule has 60 heavy (non-hydrogen) atoms. The van der Waals surface area contributed by atoms with Crippen molar-refractivity contribution in [1.29, 1.82) is 5.41 Å². The molecule has 0 spiro atoms. The molecule has 2 rings (SSSR count). The number of ketones is 1. The number of carboxylic acid groups (broad SMARTS) is 3. The Kier molecular flexibility index (Phi) is 24.6. The van der Waals surface area contributed by atoms with E-state index in [1.165, 1.54) is 28.4 Å². The third-order valence-electron chi connectivity index (χ3n) is 10.6. The van der Waals surface area contributed by atoms with Crippen molar-refractivity contribution in [2.24, 2.45) is 11.8 Å². The summed E-state index contributed by atoms with van der Waals surface area (Å²) in [6, 6.07) is -0.902. The third-order valence-corrected chi connectivity index (χ3v) is 12.6. The summed E-state index contributed by atoms with van der Waals surface area (Å²) >= 11 is 2.90. The average molecular weight is 887 g/mol. The van der Waals surface area contributed by atoms with Gasteiger partial charge in [0.1, 0.15) is 0 Å². The number of nitrogens with one attached hydrogen (secondary N) is 3. The first-order chi connectivity index (χ1) is 28.4. The van der Waals surface area contributed by atoms with Gasteiger partial charge in [0.2, 0.25) is 23.6 Å². The van der Waals surface area contributed by atoms with Crippen LogP contribution in [0.15, 0.2) is 0 Å². The first-order valence-corrected chi connectivity index (χ1v) is 23.0. The molecular formula is C39H66N8O11S2. The van der Waals surface area contributed by atoms with Crippen LogP contribution in [0, 0.1) is 17.2 Å². The summed E-state index contributed by atoms with van der Waals surface area (Å²) in [6.45, 7) is 6.35. The number of hydrogen-bond donors (Lipinski definition) is 6. The van der Waals surface area contributed by atoms with Crippen LogP contribution in [0.1, 0.15) is 59.3 Å². The Morgan fingerprint density at radius 2 is 1.32 bits per heavy atom. The molecule has 1 unspecified atom stereocenters. The average Bonchev–Trinajstić information content (AvgIpc) is 3.44. The van der Waals surface area contributed by atoms with Crippen LogP contribution in [0.5, 0.6) is 0 Å². The van der Waals surface area contributed by atoms with Gasteiger partial charge < -0.3 is 31.4 Å². The molecule has 4 atom stereocenters. The molecule has 0 bridgehead atoms. The van der Waals surface area contributed by atoms with E-state index in [0.29, 0.717) is 36.5 Å². The van der Waals surface area contributed by atoms with Crippen LogP contribution in [0.2, 0.25) is 0 Å². The number of imide groups is 1.